The zero-order valence-corrected chi connectivity index (χ0v) is 11.5. The van der Waals surface area contributed by atoms with E-state index in [4.69, 9.17) is 5.11 Å². The number of rotatable bonds is 5. The number of aliphatic hydroxyl groups excluding tert-OH is 1. The predicted molar refractivity (Wildman–Crippen MR) is 66.7 cm³/mol. The smallest absolute Gasteiger partial charge is 0.405 e. The maximum Gasteiger partial charge on any atom is 0.573 e. The van der Waals surface area contributed by atoms with Gasteiger partial charge in [-0.25, -0.2) is 0 Å². The summed E-state index contributed by atoms with van der Waals surface area (Å²) in [6, 6.07) is 4.40. The molecule has 1 fully saturated rings. The van der Waals surface area contributed by atoms with E-state index in [1.54, 1.807) is 12.1 Å². The average Bonchev–Trinajstić information content (AvgIpc) is 3.09. The van der Waals surface area contributed by atoms with Crippen LogP contribution in [-0.2, 0) is 6.54 Å². The quantitative estimate of drug-likeness (QED) is 0.866. The Balaban J connectivity index is 1.98. The highest BCUT2D eigenvalue weighted by atomic mass is 79.9. The van der Waals surface area contributed by atoms with Crippen LogP contribution >= 0.6 is 15.9 Å². The number of halogens is 4. The van der Waals surface area contributed by atoms with Crippen LogP contribution in [0.4, 0.5) is 13.2 Å². The molecule has 19 heavy (non-hydrogen) atoms. The van der Waals surface area contributed by atoms with E-state index >= 15 is 0 Å². The van der Waals surface area contributed by atoms with Crippen molar-refractivity contribution in [1.29, 1.82) is 0 Å². The largest absolute Gasteiger partial charge is 0.573 e. The van der Waals surface area contributed by atoms with E-state index in [9.17, 15) is 13.2 Å². The average molecular weight is 340 g/mol. The fourth-order valence-electron chi connectivity index (χ4n) is 1.69. The first-order chi connectivity index (χ1) is 8.84. The molecule has 1 aromatic carbocycles. The second-order valence-corrected chi connectivity index (χ2v) is 5.46. The molecule has 106 valence electrons. The minimum Gasteiger partial charge on any atom is -0.405 e. The van der Waals surface area contributed by atoms with Gasteiger partial charge in [0.25, 0.3) is 0 Å². The van der Waals surface area contributed by atoms with E-state index in [1.807, 2.05) is 0 Å². The van der Waals surface area contributed by atoms with Gasteiger partial charge in [0.15, 0.2) is 0 Å². The summed E-state index contributed by atoms with van der Waals surface area (Å²) in [5.74, 6) is -0.264. The molecule has 0 atom stereocenters. The van der Waals surface area contributed by atoms with Gasteiger partial charge in [0.05, 0.1) is 11.1 Å². The molecule has 0 saturated heterocycles. The van der Waals surface area contributed by atoms with Crippen LogP contribution < -0.4 is 10.1 Å². The molecular formula is C12H13BrF3NO2. The summed E-state index contributed by atoms with van der Waals surface area (Å²) in [4.78, 5) is 0. The van der Waals surface area contributed by atoms with Gasteiger partial charge in [-0.1, -0.05) is 6.07 Å². The highest BCUT2D eigenvalue weighted by Crippen LogP contribution is 2.35. The maximum atomic E-state index is 12.1. The molecular weight excluding hydrogens is 327 g/mol. The van der Waals surface area contributed by atoms with Gasteiger partial charge in [0.1, 0.15) is 5.75 Å². The molecule has 0 heterocycles. The summed E-state index contributed by atoms with van der Waals surface area (Å²) in [5.41, 5.74) is 0.620. The molecule has 0 amide bonds. The Labute approximate surface area is 116 Å². The lowest BCUT2D eigenvalue weighted by molar-refractivity contribution is -0.274. The summed E-state index contributed by atoms with van der Waals surface area (Å²) in [7, 11) is 0. The van der Waals surface area contributed by atoms with E-state index in [0.29, 0.717) is 6.54 Å². The van der Waals surface area contributed by atoms with Gasteiger partial charge in [-0.15, -0.1) is 13.2 Å². The monoisotopic (exact) mass is 339 g/mol. The normalized spacial score (nSPS) is 17.3. The van der Waals surface area contributed by atoms with Crippen LogP contribution in [0.3, 0.4) is 0 Å². The van der Waals surface area contributed by atoms with Gasteiger partial charge in [0, 0.05) is 12.1 Å². The maximum absolute atomic E-state index is 12.1. The molecule has 0 bridgehead atoms. The molecule has 7 heteroatoms. The van der Waals surface area contributed by atoms with Crippen molar-refractivity contribution < 1.29 is 23.0 Å². The summed E-state index contributed by atoms with van der Waals surface area (Å²) in [6.45, 7) is 0.564. The molecule has 1 aliphatic rings. The van der Waals surface area contributed by atoms with Crippen molar-refractivity contribution in [2.45, 2.75) is 31.3 Å². The Morgan fingerprint density at radius 1 is 1.37 bits per heavy atom. The van der Waals surface area contributed by atoms with Crippen LogP contribution in [-0.4, -0.2) is 23.6 Å². The third-order valence-corrected chi connectivity index (χ3v) is 3.67. The molecule has 1 saturated carbocycles. The van der Waals surface area contributed by atoms with E-state index in [-0.39, 0.29) is 22.4 Å². The second-order valence-electron chi connectivity index (χ2n) is 4.60. The van der Waals surface area contributed by atoms with Crippen molar-refractivity contribution in [1.82, 2.24) is 5.32 Å². The molecule has 0 aromatic heterocycles. The minimum absolute atomic E-state index is 0.0729. The van der Waals surface area contributed by atoms with Crippen LogP contribution in [0.1, 0.15) is 18.4 Å². The van der Waals surface area contributed by atoms with Crippen LogP contribution in [0.5, 0.6) is 5.75 Å². The van der Waals surface area contributed by atoms with Gasteiger partial charge >= 0.3 is 6.36 Å². The van der Waals surface area contributed by atoms with Crippen molar-refractivity contribution in [3.8, 4) is 5.75 Å². The van der Waals surface area contributed by atoms with Crippen molar-refractivity contribution in [2.75, 3.05) is 6.61 Å². The van der Waals surface area contributed by atoms with Crippen molar-refractivity contribution in [2.24, 2.45) is 0 Å². The van der Waals surface area contributed by atoms with Crippen molar-refractivity contribution in [3.63, 3.8) is 0 Å². The van der Waals surface area contributed by atoms with E-state index in [2.05, 4.69) is 26.0 Å². The molecule has 0 unspecified atom stereocenters. The molecule has 0 aliphatic heterocycles. The summed E-state index contributed by atoms with van der Waals surface area (Å²) < 4.78 is 40.4. The van der Waals surface area contributed by atoms with Crippen LogP contribution in [0.15, 0.2) is 22.7 Å². The lowest BCUT2D eigenvalue weighted by atomic mass is 10.2. The Morgan fingerprint density at radius 3 is 2.53 bits per heavy atom. The van der Waals surface area contributed by atoms with Gasteiger partial charge in [-0.2, -0.15) is 0 Å². The fraction of sp³-hybridized carbons (Fsp3) is 0.500. The highest BCUT2D eigenvalue weighted by molar-refractivity contribution is 9.10. The van der Waals surface area contributed by atoms with Crippen molar-refractivity contribution >= 4 is 15.9 Å². The van der Waals surface area contributed by atoms with Gasteiger partial charge < -0.3 is 15.2 Å². The Hall–Kier alpha value is -0.790. The Kier molecular flexibility index (Phi) is 4.08. The molecule has 2 rings (SSSR count). The first kappa shape index (κ1) is 14.6. The highest BCUT2D eigenvalue weighted by Gasteiger charge is 2.41. The zero-order valence-electron chi connectivity index (χ0n) is 9.93. The molecule has 2 N–H and O–H groups in total. The van der Waals surface area contributed by atoms with Crippen LogP contribution in [0, 0.1) is 0 Å². The third kappa shape index (κ3) is 4.09. The van der Waals surface area contributed by atoms with Crippen LogP contribution in [0.2, 0.25) is 0 Å². The lowest BCUT2D eigenvalue weighted by Crippen LogP contribution is -2.34. The number of alkyl halides is 3. The first-order valence-electron chi connectivity index (χ1n) is 5.74. The summed E-state index contributed by atoms with van der Waals surface area (Å²) >= 11 is 3.05. The molecule has 1 aliphatic carbocycles. The topological polar surface area (TPSA) is 41.5 Å². The molecule has 3 nitrogen and oxygen atoms in total. The molecule has 1 aromatic rings. The predicted octanol–water partition coefficient (Wildman–Crippen LogP) is 2.96. The Morgan fingerprint density at radius 2 is 2.05 bits per heavy atom. The van der Waals surface area contributed by atoms with Crippen molar-refractivity contribution in [3.05, 3.63) is 28.2 Å². The molecule has 0 spiro atoms. The first-order valence-corrected chi connectivity index (χ1v) is 6.53. The minimum atomic E-state index is -4.70. The van der Waals surface area contributed by atoms with E-state index in [1.165, 1.54) is 6.07 Å². The van der Waals surface area contributed by atoms with E-state index < -0.39 is 6.36 Å². The third-order valence-electron chi connectivity index (χ3n) is 3.05. The van der Waals surface area contributed by atoms with Gasteiger partial charge in [-0.05, 0) is 46.5 Å². The fourth-order valence-corrected chi connectivity index (χ4v) is 2.20. The second kappa shape index (κ2) is 5.30. The molecule has 0 radical (unpaired) electrons. The number of benzene rings is 1. The number of hydrogen-bond donors (Lipinski definition) is 2. The Bertz CT molecular complexity index is 461. The number of nitrogens with one attached hydrogen (secondary N) is 1. The zero-order chi connectivity index (χ0) is 14.1. The number of aliphatic hydroxyl groups is 1. The van der Waals surface area contributed by atoms with Gasteiger partial charge in [0.2, 0.25) is 0 Å². The SMILES string of the molecule is OCC1(NCc2ccc(OC(F)(F)F)c(Br)c2)CC1. The summed E-state index contributed by atoms with van der Waals surface area (Å²) in [5, 5.41) is 12.3. The summed E-state index contributed by atoms with van der Waals surface area (Å²) in [6.07, 6.45) is -2.86. The number of hydrogen-bond acceptors (Lipinski definition) is 3. The van der Waals surface area contributed by atoms with E-state index in [0.717, 1.165) is 18.4 Å². The standard InChI is InChI=1S/C12H13BrF3NO2/c13-9-5-8(6-17-11(7-18)3-4-11)1-2-10(9)19-12(14,15)16/h1-2,5,17-18H,3-4,6-7H2. The van der Waals surface area contributed by atoms with Crippen LogP contribution in [0.25, 0.3) is 0 Å². The van der Waals surface area contributed by atoms with Gasteiger partial charge in [-0.3, -0.25) is 0 Å². The number of ether oxygens (including phenoxy) is 1. The lowest BCUT2D eigenvalue weighted by Gasteiger charge is -2.15.